The third-order valence-corrected chi connectivity index (χ3v) is 10.3. The van der Waals surface area contributed by atoms with Crippen molar-refractivity contribution in [2.45, 2.75) is 102 Å². The number of hydrogen-bond donors (Lipinski definition) is 2. The maximum atomic E-state index is 14.3. The summed E-state index contributed by atoms with van der Waals surface area (Å²) < 4.78 is 76.3. The molecule has 4 rings (SSSR count). The highest BCUT2D eigenvalue weighted by Crippen LogP contribution is 2.44. The first kappa shape index (κ1) is 30.9. The molecule has 1 aliphatic heterocycles. The molecule has 1 saturated carbocycles. The fourth-order valence-electron chi connectivity index (χ4n) is 5.45. The monoisotopic (exact) mass is 601 g/mol. The van der Waals surface area contributed by atoms with Crippen LogP contribution >= 0.6 is 11.3 Å². The normalized spacial score (nSPS) is 19.0. The van der Waals surface area contributed by atoms with Crippen molar-refractivity contribution in [3.05, 3.63) is 34.5 Å². The van der Waals surface area contributed by atoms with Gasteiger partial charge in [0, 0.05) is 24.8 Å². The van der Waals surface area contributed by atoms with E-state index >= 15 is 0 Å². The molecule has 1 aliphatic carbocycles. The molecule has 2 aromatic rings. The van der Waals surface area contributed by atoms with Gasteiger partial charge in [0.05, 0.1) is 21.0 Å². The Bertz CT molecular complexity index is 1320. The summed E-state index contributed by atoms with van der Waals surface area (Å²) in [6, 6.07) is 3.20. The molecular weight excluding hydrogens is 563 g/mol. The summed E-state index contributed by atoms with van der Waals surface area (Å²) in [5.41, 5.74) is -1.53. The van der Waals surface area contributed by atoms with E-state index in [1.807, 2.05) is 0 Å². The highest BCUT2D eigenvalue weighted by atomic mass is 32.2. The summed E-state index contributed by atoms with van der Waals surface area (Å²) in [6.45, 7) is 7.96. The lowest BCUT2D eigenvalue weighted by Crippen LogP contribution is -2.41. The average Bonchev–Trinajstić information content (AvgIpc) is 3.26. The third kappa shape index (κ3) is 7.63. The fourth-order valence-corrected chi connectivity index (χ4v) is 8.06. The van der Waals surface area contributed by atoms with Crippen LogP contribution in [0.15, 0.2) is 23.1 Å². The third-order valence-electron chi connectivity index (χ3n) is 7.38. The minimum Gasteiger partial charge on any atom is -0.381 e. The molecule has 0 bridgehead atoms. The molecule has 2 aliphatic rings. The molecule has 1 aromatic carbocycles. The van der Waals surface area contributed by atoms with Crippen LogP contribution in [0.4, 0.5) is 13.2 Å². The van der Waals surface area contributed by atoms with Crippen LogP contribution in [0, 0.1) is 5.41 Å². The van der Waals surface area contributed by atoms with Gasteiger partial charge >= 0.3 is 6.18 Å². The van der Waals surface area contributed by atoms with E-state index in [2.05, 4.69) is 21.9 Å². The largest absolute Gasteiger partial charge is 0.417 e. The average molecular weight is 602 g/mol. The number of halogens is 3. The van der Waals surface area contributed by atoms with Crippen molar-refractivity contribution >= 4 is 27.3 Å². The van der Waals surface area contributed by atoms with Crippen molar-refractivity contribution in [2.75, 3.05) is 13.2 Å². The summed E-state index contributed by atoms with van der Waals surface area (Å²) in [5, 5.41) is 3.18. The van der Waals surface area contributed by atoms with E-state index in [1.165, 1.54) is 6.07 Å². The Morgan fingerprint density at radius 3 is 2.38 bits per heavy atom. The molecule has 7 nitrogen and oxygen atoms in total. The Balaban J connectivity index is 1.77. The first-order valence-electron chi connectivity index (χ1n) is 13.7. The maximum absolute atomic E-state index is 14.3. The molecule has 2 N–H and O–H groups in total. The van der Waals surface area contributed by atoms with Gasteiger partial charge in [0.25, 0.3) is 5.91 Å². The Labute approximate surface area is 238 Å². The Kier molecular flexibility index (Phi) is 9.04. The van der Waals surface area contributed by atoms with Crippen LogP contribution in [0.2, 0.25) is 0 Å². The summed E-state index contributed by atoms with van der Waals surface area (Å²) in [7, 11) is -4.45. The van der Waals surface area contributed by atoms with E-state index in [4.69, 9.17) is 4.74 Å². The first-order valence-corrected chi connectivity index (χ1v) is 16.0. The molecule has 0 radical (unpaired) electrons. The van der Waals surface area contributed by atoms with E-state index in [-0.39, 0.29) is 27.9 Å². The Morgan fingerprint density at radius 2 is 1.77 bits per heavy atom. The van der Waals surface area contributed by atoms with E-state index in [9.17, 15) is 26.4 Å². The number of hydrogen-bond acceptors (Lipinski definition) is 6. The smallest absolute Gasteiger partial charge is 0.381 e. The zero-order chi connectivity index (χ0) is 29.3. The lowest BCUT2D eigenvalue weighted by Gasteiger charge is -2.33. The van der Waals surface area contributed by atoms with E-state index < -0.39 is 32.2 Å². The molecule has 1 amide bonds. The van der Waals surface area contributed by atoms with Crippen LogP contribution in [0.25, 0.3) is 10.4 Å². The highest BCUT2D eigenvalue weighted by molar-refractivity contribution is 7.89. The van der Waals surface area contributed by atoms with E-state index in [0.29, 0.717) is 43.0 Å². The van der Waals surface area contributed by atoms with Gasteiger partial charge in [-0.3, -0.25) is 4.79 Å². The summed E-state index contributed by atoms with van der Waals surface area (Å²) in [4.78, 5) is 17.4. The van der Waals surface area contributed by atoms with Gasteiger partial charge in [-0.1, -0.05) is 32.3 Å². The number of nitrogens with zero attached hydrogens (tertiary/aromatic N) is 1. The van der Waals surface area contributed by atoms with Gasteiger partial charge in [-0.2, -0.15) is 13.2 Å². The van der Waals surface area contributed by atoms with E-state index in [0.717, 1.165) is 55.6 Å². The summed E-state index contributed by atoms with van der Waals surface area (Å²) >= 11 is 1.05. The van der Waals surface area contributed by atoms with Crippen molar-refractivity contribution in [1.29, 1.82) is 0 Å². The highest BCUT2D eigenvalue weighted by Gasteiger charge is 2.39. The number of carbonyl (C=O) groups excluding carboxylic acids is 1. The molecule has 0 atom stereocenters. The quantitative estimate of drug-likeness (QED) is 0.387. The second-order valence-electron chi connectivity index (χ2n) is 12.3. The molecular formula is C28H38F3N3O4S2. The number of benzene rings is 1. The zero-order valence-corrected chi connectivity index (χ0v) is 25.0. The molecule has 0 unspecified atom stereocenters. The molecule has 0 spiro atoms. The van der Waals surface area contributed by atoms with Gasteiger partial charge < -0.3 is 10.1 Å². The number of carbonyl (C=O) groups is 1. The van der Waals surface area contributed by atoms with Gasteiger partial charge in [-0.05, 0) is 76.0 Å². The minimum atomic E-state index is -4.92. The lowest BCUT2D eigenvalue weighted by molar-refractivity contribution is -0.139. The number of alkyl halides is 3. The number of sulfonamides is 1. The van der Waals surface area contributed by atoms with Gasteiger partial charge in [-0.15, -0.1) is 11.3 Å². The number of nitrogens with one attached hydrogen (secondary N) is 2. The number of rotatable bonds is 7. The van der Waals surface area contributed by atoms with Crippen LogP contribution in [0.5, 0.6) is 0 Å². The molecule has 2 heterocycles. The number of thiazole rings is 1. The fraction of sp³-hybridized carbons (Fsp3) is 0.643. The number of amides is 1. The van der Waals surface area contributed by atoms with Crippen molar-refractivity contribution in [3.63, 3.8) is 0 Å². The number of aromatic nitrogens is 1. The summed E-state index contributed by atoms with van der Waals surface area (Å²) in [6.07, 6.45) is 2.19. The van der Waals surface area contributed by atoms with Crippen LogP contribution < -0.4 is 10.0 Å². The van der Waals surface area contributed by atoms with Gasteiger partial charge in [0.15, 0.2) is 5.01 Å². The van der Waals surface area contributed by atoms with Gasteiger partial charge in [0.2, 0.25) is 10.0 Å². The predicted molar refractivity (Wildman–Crippen MR) is 149 cm³/mol. The molecule has 12 heteroatoms. The van der Waals surface area contributed by atoms with Gasteiger partial charge in [0.1, 0.15) is 0 Å². The molecule has 222 valence electrons. The lowest BCUT2D eigenvalue weighted by atomic mass is 9.72. The predicted octanol–water partition coefficient (Wildman–Crippen LogP) is 6.33. The van der Waals surface area contributed by atoms with Crippen LogP contribution in [-0.4, -0.2) is 44.1 Å². The van der Waals surface area contributed by atoms with Crippen LogP contribution in [0.1, 0.15) is 93.7 Å². The van der Waals surface area contributed by atoms with Crippen molar-refractivity contribution < 1.29 is 31.1 Å². The van der Waals surface area contributed by atoms with Crippen molar-refractivity contribution in [1.82, 2.24) is 15.0 Å². The second-order valence-corrected chi connectivity index (χ2v) is 14.9. The van der Waals surface area contributed by atoms with Crippen molar-refractivity contribution in [2.24, 2.45) is 5.41 Å². The molecule has 40 heavy (non-hydrogen) atoms. The molecule has 1 aromatic heterocycles. The molecule has 2 fully saturated rings. The van der Waals surface area contributed by atoms with E-state index in [1.54, 1.807) is 20.8 Å². The minimum absolute atomic E-state index is 0.0513. The zero-order valence-electron chi connectivity index (χ0n) is 23.4. The Morgan fingerprint density at radius 1 is 1.12 bits per heavy atom. The summed E-state index contributed by atoms with van der Waals surface area (Å²) in [5.74, 6) is -0.359. The van der Waals surface area contributed by atoms with Crippen molar-refractivity contribution in [3.8, 4) is 10.4 Å². The number of ether oxygens (including phenoxy) is 1. The van der Waals surface area contributed by atoms with Gasteiger partial charge in [-0.25, -0.2) is 18.1 Å². The maximum Gasteiger partial charge on any atom is 0.417 e. The Hall–Kier alpha value is -2.02. The standard InChI is InChI=1S/C28H38F3N3O4S2/c1-26(2,3)34-40(36,37)22-9-8-18(16-20(22)28(29,30)31)23-21(17-27(4)12-6-5-7-13-27)33-25(39-23)24(35)32-19-10-14-38-15-11-19/h8-9,16,19,34H,5-7,10-15,17H2,1-4H3,(H,32,35). The second kappa shape index (κ2) is 11.7. The van der Waals surface area contributed by atoms with Crippen LogP contribution in [0.3, 0.4) is 0 Å². The molecule has 1 saturated heterocycles. The SMILES string of the molecule is CC1(Cc2nc(C(=O)NC3CCOCC3)sc2-c2ccc(S(=O)(=O)NC(C)(C)C)c(C(F)(F)F)c2)CCCCC1. The van der Waals surface area contributed by atoms with Crippen LogP contribution in [-0.2, 0) is 27.4 Å². The topological polar surface area (TPSA) is 97.4 Å². The first-order chi connectivity index (χ1) is 18.6.